The molecule has 2 amide bonds. The molecule has 0 spiro atoms. The van der Waals surface area contributed by atoms with Crippen molar-refractivity contribution < 1.29 is 22.7 Å². The molecule has 3 aromatic rings. The van der Waals surface area contributed by atoms with Crippen molar-refractivity contribution in [1.82, 2.24) is 10.2 Å². The summed E-state index contributed by atoms with van der Waals surface area (Å²) in [6.45, 7) is 11.5. The molecule has 8 nitrogen and oxygen atoms in total. The van der Waals surface area contributed by atoms with Crippen LogP contribution in [0.5, 0.6) is 5.75 Å². The summed E-state index contributed by atoms with van der Waals surface area (Å²) >= 11 is 0. The summed E-state index contributed by atoms with van der Waals surface area (Å²) in [5.41, 5.74) is 2.36. The largest absolute Gasteiger partial charge is 0.497 e. The molecular formula is C34H45N3O5S. The molecule has 3 rings (SSSR count). The minimum absolute atomic E-state index is 0.0751. The third kappa shape index (κ3) is 9.85. The van der Waals surface area contributed by atoms with Gasteiger partial charge in [-0.3, -0.25) is 13.9 Å². The van der Waals surface area contributed by atoms with Gasteiger partial charge in [-0.1, -0.05) is 75.4 Å². The highest BCUT2D eigenvalue weighted by Gasteiger charge is 2.34. The molecule has 3 aromatic carbocycles. The molecule has 0 aliphatic heterocycles. The highest BCUT2D eigenvalue weighted by Crippen LogP contribution is 2.27. The Hall–Kier alpha value is -3.85. The van der Waals surface area contributed by atoms with Crippen LogP contribution in [0.3, 0.4) is 0 Å². The van der Waals surface area contributed by atoms with Gasteiger partial charge in [-0.2, -0.15) is 0 Å². The summed E-state index contributed by atoms with van der Waals surface area (Å²) in [5.74, 6) is -0.216. The Morgan fingerprint density at radius 2 is 1.47 bits per heavy atom. The van der Waals surface area contributed by atoms with Crippen LogP contribution < -0.4 is 14.4 Å². The van der Waals surface area contributed by atoms with Crippen LogP contribution >= 0.6 is 0 Å². The van der Waals surface area contributed by atoms with Gasteiger partial charge < -0.3 is 15.0 Å². The predicted molar refractivity (Wildman–Crippen MR) is 173 cm³/mol. The molecule has 1 N–H and O–H groups in total. The van der Waals surface area contributed by atoms with Crippen LogP contribution in [0.4, 0.5) is 5.69 Å². The average Bonchev–Trinajstić information content (AvgIpc) is 2.92. The molecular weight excluding hydrogens is 562 g/mol. The molecule has 0 saturated heterocycles. The Labute approximate surface area is 257 Å². The fraction of sp³-hybridized carbons (Fsp3) is 0.412. The van der Waals surface area contributed by atoms with Crippen LogP contribution in [-0.4, -0.2) is 56.6 Å². The Kier molecular flexibility index (Phi) is 10.7. The van der Waals surface area contributed by atoms with Crippen LogP contribution in [0.1, 0.15) is 58.2 Å². The van der Waals surface area contributed by atoms with E-state index in [0.29, 0.717) is 11.4 Å². The summed E-state index contributed by atoms with van der Waals surface area (Å²) in [5, 5.41) is 3.03. The zero-order valence-electron chi connectivity index (χ0n) is 26.5. The number of carbonyl (C=O) groups excluding carboxylic acids is 2. The van der Waals surface area contributed by atoms with E-state index < -0.39 is 34.1 Å². The maximum absolute atomic E-state index is 14.3. The Morgan fingerprint density at radius 1 is 0.860 bits per heavy atom. The highest BCUT2D eigenvalue weighted by atomic mass is 32.2. The molecule has 1 unspecified atom stereocenters. The summed E-state index contributed by atoms with van der Waals surface area (Å²) in [6.07, 6.45) is 1.33. The zero-order valence-corrected chi connectivity index (χ0v) is 27.4. The molecule has 0 saturated carbocycles. The van der Waals surface area contributed by atoms with E-state index in [1.165, 1.54) is 4.90 Å². The molecule has 0 aliphatic carbocycles. The highest BCUT2D eigenvalue weighted by molar-refractivity contribution is 7.92. The lowest BCUT2D eigenvalue weighted by molar-refractivity contribution is -0.140. The maximum atomic E-state index is 14.3. The van der Waals surface area contributed by atoms with Gasteiger partial charge in [-0.05, 0) is 67.1 Å². The lowest BCUT2D eigenvalue weighted by Gasteiger charge is -2.35. The fourth-order valence-electron chi connectivity index (χ4n) is 4.72. The minimum Gasteiger partial charge on any atom is -0.497 e. The van der Waals surface area contributed by atoms with E-state index in [1.54, 1.807) is 31.4 Å². The summed E-state index contributed by atoms with van der Waals surface area (Å²) in [4.78, 5) is 29.6. The van der Waals surface area contributed by atoms with E-state index in [9.17, 15) is 18.0 Å². The van der Waals surface area contributed by atoms with Gasteiger partial charge in [0.15, 0.2) is 0 Å². The molecule has 0 aliphatic rings. The van der Waals surface area contributed by atoms with Crippen molar-refractivity contribution in [2.24, 2.45) is 0 Å². The van der Waals surface area contributed by atoms with Gasteiger partial charge in [0.05, 0.1) is 19.1 Å². The number of amides is 2. The summed E-state index contributed by atoms with van der Waals surface area (Å²) in [7, 11) is -2.29. The van der Waals surface area contributed by atoms with Crippen LogP contribution in [-0.2, 0) is 38.0 Å². The second kappa shape index (κ2) is 13.6. The monoisotopic (exact) mass is 607 g/mol. The van der Waals surface area contributed by atoms with Crippen molar-refractivity contribution in [2.45, 2.75) is 71.5 Å². The number of sulfonamides is 1. The fourth-order valence-corrected chi connectivity index (χ4v) is 5.57. The molecule has 0 bridgehead atoms. The van der Waals surface area contributed by atoms with E-state index in [2.05, 4.69) is 26.1 Å². The van der Waals surface area contributed by atoms with Crippen molar-refractivity contribution in [2.75, 3.05) is 24.2 Å². The minimum atomic E-state index is -3.85. The number of rotatable bonds is 11. The van der Waals surface area contributed by atoms with Gasteiger partial charge in [-0.25, -0.2) is 8.42 Å². The number of hydrogen-bond acceptors (Lipinski definition) is 5. The van der Waals surface area contributed by atoms with Gasteiger partial charge in [0.1, 0.15) is 18.3 Å². The number of hydrogen-bond donors (Lipinski definition) is 1. The second-order valence-corrected chi connectivity index (χ2v) is 14.8. The van der Waals surface area contributed by atoms with Gasteiger partial charge in [-0.15, -0.1) is 0 Å². The Morgan fingerprint density at radius 3 is 2.00 bits per heavy atom. The van der Waals surface area contributed by atoms with Crippen LogP contribution in [0.2, 0.25) is 0 Å². The molecule has 0 heterocycles. The first kappa shape index (κ1) is 33.6. The second-order valence-electron chi connectivity index (χ2n) is 12.9. The SMILES string of the molecule is COc1cccc(CN(C(=O)CN(c2ccc(C(C)(C)C)cc2)S(C)(=O)=O)C(Cc2ccccc2)C(=O)NC(C)(C)C)c1. The van der Waals surface area contributed by atoms with E-state index in [0.717, 1.165) is 27.3 Å². The molecule has 9 heteroatoms. The van der Waals surface area contributed by atoms with E-state index in [1.807, 2.05) is 75.4 Å². The van der Waals surface area contributed by atoms with Gasteiger partial charge >= 0.3 is 0 Å². The first-order chi connectivity index (χ1) is 20.0. The van der Waals surface area contributed by atoms with Crippen LogP contribution in [0, 0.1) is 0 Å². The topological polar surface area (TPSA) is 96.0 Å². The lowest BCUT2D eigenvalue weighted by Crippen LogP contribution is -2.56. The van der Waals surface area contributed by atoms with E-state index >= 15 is 0 Å². The predicted octanol–water partition coefficient (Wildman–Crippen LogP) is 5.31. The first-order valence-corrected chi connectivity index (χ1v) is 16.2. The molecule has 0 radical (unpaired) electrons. The van der Waals surface area contributed by atoms with Crippen molar-refractivity contribution in [3.05, 3.63) is 95.6 Å². The number of nitrogens with one attached hydrogen (secondary N) is 1. The smallest absolute Gasteiger partial charge is 0.244 e. The molecule has 232 valence electrons. The van der Waals surface area contributed by atoms with E-state index in [4.69, 9.17) is 4.74 Å². The van der Waals surface area contributed by atoms with Crippen LogP contribution in [0.25, 0.3) is 0 Å². The number of methoxy groups -OCH3 is 1. The first-order valence-electron chi connectivity index (χ1n) is 14.3. The Bertz CT molecular complexity index is 1490. The maximum Gasteiger partial charge on any atom is 0.244 e. The van der Waals surface area contributed by atoms with Crippen molar-refractivity contribution in [3.8, 4) is 5.75 Å². The molecule has 0 fully saturated rings. The van der Waals surface area contributed by atoms with Gasteiger partial charge in [0.25, 0.3) is 0 Å². The van der Waals surface area contributed by atoms with Gasteiger partial charge in [0, 0.05) is 18.5 Å². The van der Waals surface area contributed by atoms with Crippen molar-refractivity contribution in [1.29, 1.82) is 0 Å². The number of nitrogens with zero attached hydrogens (tertiary/aromatic N) is 2. The quantitative estimate of drug-likeness (QED) is 0.319. The summed E-state index contributed by atoms with van der Waals surface area (Å²) < 4.78 is 32.6. The normalized spacial score (nSPS) is 12.7. The molecule has 43 heavy (non-hydrogen) atoms. The molecule has 1 atom stereocenters. The number of benzene rings is 3. The van der Waals surface area contributed by atoms with Crippen molar-refractivity contribution >= 4 is 27.5 Å². The standard InChI is InChI=1S/C34H45N3O5S/c1-33(2,3)27-17-19-28(20-18-27)37(43(8,40)41)24-31(38)36(23-26-15-12-16-29(21-26)42-7)30(32(39)35-34(4,5)6)22-25-13-10-9-11-14-25/h9-21,30H,22-24H2,1-8H3,(H,35,39). The zero-order chi connectivity index (χ0) is 32.0. The molecule has 0 aromatic heterocycles. The van der Waals surface area contributed by atoms with E-state index in [-0.39, 0.29) is 24.3 Å². The third-order valence-corrected chi connectivity index (χ3v) is 8.10. The number of ether oxygens (including phenoxy) is 1. The Balaban J connectivity index is 2.08. The summed E-state index contributed by atoms with van der Waals surface area (Å²) in [6, 6.07) is 23.0. The lowest BCUT2D eigenvalue weighted by atomic mass is 9.87. The van der Waals surface area contributed by atoms with Crippen molar-refractivity contribution in [3.63, 3.8) is 0 Å². The van der Waals surface area contributed by atoms with Gasteiger partial charge in [0.2, 0.25) is 21.8 Å². The number of anilines is 1. The number of carbonyl (C=O) groups is 2. The van der Waals surface area contributed by atoms with Crippen LogP contribution in [0.15, 0.2) is 78.9 Å². The third-order valence-electron chi connectivity index (χ3n) is 6.96. The average molecular weight is 608 g/mol.